The van der Waals surface area contributed by atoms with Gasteiger partial charge in [0.1, 0.15) is 5.75 Å². The second kappa shape index (κ2) is 8.09. The summed E-state index contributed by atoms with van der Waals surface area (Å²) in [6.45, 7) is 0.627. The van der Waals surface area contributed by atoms with Crippen LogP contribution in [0, 0.1) is 11.3 Å². The zero-order valence-corrected chi connectivity index (χ0v) is 13.2. The van der Waals surface area contributed by atoms with Crippen LogP contribution in [-0.4, -0.2) is 20.7 Å². The van der Waals surface area contributed by atoms with E-state index >= 15 is 0 Å². The number of hydrogen-bond donors (Lipinski definition) is 0. The Balaban J connectivity index is 1.82. The molecule has 2 rings (SSSR count). The number of rotatable bonds is 7. The van der Waals surface area contributed by atoms with Gasteiger partial charge in [-0.3, -0.25) is 0 Å². The van der Waals surface area contributed by atoms with Crippen molar-refractivity contribution in [3.05, 3.63) is 60.2 Å². The average Bonchev–Trinajstić information content (AvgIpc) is 2.56. The Morgan fingerprint density at radius 2 is 1.86 bits per heavy atom. The first-order valence-electron chi connectivity index (χ1n) is 7.55. The van der Waals surface area contributed by atoms with Crippen molar-refractivity contribution in [3.63, 3.8) is 0 Å². The van der Waals surface area contributed by atoms with Crippen LogP contribution in [0.25, 0.3) is 0 Å². The van der Waals surface area contributed by atoms with Gasteiger partial charge in [0.15, 0.2) is 0 Å². The molecule has 1 unspecified atom stereocenters. The molecule has 3 heteroatoms. The highest BCUT2D eigenvalue weighted by Crippen LogP contribution is 2.22. The number of ether oxygens (including phenoxy) is 1. The highest BCUT2D eigenvalue weighted by molar-refractivity contribution is 5.49. The Kier molecular flexibility index (Phi) is 5.85. The molecular formula is C19H22N2O. The van der Waals surface area contributed by atoms with E-state index in [4.69, 9.17) is 4.74 Å². The molecule has 0 aromatic heterocycles. The first-order chi connectivity index (χ1) is 10.7. The summed E-state index contributed by atoms with van der Waals surface area (Å²) in [6.07, 6.45) is 1.67. The SMILES string of the molecule is CN(C)c1cccc(OCCCC(C#N)c2ccccc2)c1. The topological polar surface area (TPSA) is 36.3 Å². The smallest absolute Gasteiger partial charge is 0.121 e. The summed E-state index contributed by atoms with van der Waals surface area (Å²) >= 11 is 0. The Hall–Kier alpha value is -2.47. The van der Waals surface area contributed by atoms with Crippen LogP contribution in [0.3, 0.4) is 0 Å². The molecule has 0 heterocycles. The lowest BCUT2D eigenvalue weighted by atomic mass is 9.96. The van der Waals surface area contributed by atoms with E-state index in [1.54, 1.807) is 0 Å². The summed E-state index contributed by atoms with van der Waals surface area (Å²) in [4.78, 5) is 2.05. The minimum absolute atomic E-state index is 0.0575. The van der Waals surface area contributed by atoms with Crippen LogP contribution in [0.1, 0.15) is 24.3 Å². The Bertz CT molecular complexity index is 617. The van der Waals surface area contributed by atoms with Crippen LogP contribution < -0.4 is 9.64 Å². The van der Waals surface area contributed by atoms with Gasteiger partial charge in [-0.25, -0.2) is 0 Å². The molecule has 3 nitrogen and oxygen atoms in total. The van der Waals surface area contributed by atoms with Gasteiger partial charge >= 0.3 is 0 Å². The summed E-state index contributed by atoms with van der Waals surface area (Å²) in [5.41, 5.74) is 2.20. The molecule has 0 saturated heterocycles. The lowest BCUT2D eigenvalue weighted by molar-refractivity contribution is 0.305. The van der Waals surface area contributed by atoms with Gasteiger partial charge in [-0.2, -0.15) is 5.26 Å². The number of anilines is 1. The van der Waals surface area contributed by atoms with Crippen LogP contribution in [-0.2, 0) is 0 Å². The molecule has 22 heavy (non-hydrogen) atoms. The van der Waals surface area contributed by atoms with Gasteiger partial charge in [0.25, 0.3) is 0 Å². The fourth-order valence-corrected chi connectivity index (χ4v) is 2.32. The molecule has 1 atom stereocenters. The fourth-order valence-electron chi connectivity index (χ4n) is 2.32. The largest absolute Gasteiger partial charge is 0.494 e. The van der Waals surface area contributed by atoms with Crippen molar-refractivity contribution < 1.29 is 4.74 Å². The quantitative estimate of drug-likeness (QED) is 0.717. The van der Waals surface area contributed by atoms with E-state index in [9.17, 15) is 5.26 Å². The van der Waals surface area contributed by atoms with Crippen molar-refractivity contribution in [1.82, 2.24) is 0 Å². The van der Waals surface area contributed by atoms with Crippen molar-refractivity contribution in [1.29, 1.82) is 5.26 Å². The summed E-state index contributed by atoms with van der Waals surface area (Å²) in [7, 11) is 4.02. The molecule has 0 fully saturated rings. The third-order valence-electron chi connectivity index (χ3n) is 3.60. The molecule has 0 amide bonds. The monoisotopic (exact) mass is 294 g/mol. The predicted molar refractivity (Wildman–Crippen MR) is 90.3 cm³/mol. The van der Waals surface area contributed by atoms with Crippen molar-refractivity contribution >= 4 is 5.69 Å². The lowest BCUT2D eigenvalue weighted by Crippen LogP contribution is -2.08. The number of nitrogens with zero attached hydrogens (tertiary/aromatic N) is 2. The lowest BCUT2D eigenvalue weighted by Gasteiger charge is -2.14. The molecule has 0 N–H and O–H groups in total. The molecular weight excluding hydrogens is 272 g/mol. The second-order valence-corrected chi connectivity index (χ2v) is 5.47. The first kappa shape index (κ1) is 15.9. The molecule has 0 aliphatic rings. The number of hydrogen-bond acceptors (Lipinski definition) is 3. The highest BCUT2D eigenvalue weighted by atomic mass is 16.5. The van der Waals surface area contributed by atoms with Gasteiger partial charge in [0.05, 0.1) is 18.6 Å². The van der Waals surface area contributed by atoms with Gasteiger partial charge in [-0.05, 0) is 30.5 Å². The molecule has 2 aromatic carbocycles. The Morgan fingerprint density at radius 3 is 2.55 bits per heavy atom. The van der Waals surface area contributed by atoms with Gasteiger partial charge in [-0.1, -0.05) is 36.4 Å². The van der Waals surface area contributed by atoms with Crippen LogP contribution >= 0.6 is 0 Å². The molecule has 0 spiro atoms. The standard InChI is InChI=1S/C19H22N2O/c1-21(2)18-11-6-12-19(14-18)22-13-7-10-17(15-20)16-8-4-3-5-9-16/h3-6,8-9,11-12,14,17H,7,10,13H2,1-2H3. The Morgan fingerprint density at radius 1 is 1.09 bits per heavy atom. The van der Waals surface area contributed by atoms with Gasteiger partial charge in [-0.15, -0.1) is 0 Å². The van der Waals surface area contributed by atoms with Crippen molar-refractivity contribution in [2.75, 3.05) is 25.6 Å². The molecule has 114 valence electrons. The summed E-state index contributed by atoms with van der Waals surface area (Å²) < 4.78 is 5.79. The molecule has 0 saturated carbocycles. The van der Waals surface area contributed by atoms with E-state index in [0.717, 1.165) is 29.8 Å². The second-order valence-electron chi connectivity index (χ2n) is 5.47. The summed E-state index contributed by atoms with van der Waals surface area (Å²) in [5.74, 6) is 0.817. The Labute approximate surface area is 132 Å². The third kappa shape index (κ3) is 4.53. The summed E-state index contributed by atoms with van der Waals surface area (Å²) in [5, 5.41) is 9.30. The van der Waals surface area contributed by atoms with Crippen LogP contribution in [0.4, 0.5) is 5.69 Å². The third-order valence-corrected chi connectivity index (χ3v) is 3.60. The molecule has 0 radical (unpaired) electrons. The molecule has 0 aliphatic heterocycles. The first-order valence-corrected chi connectivity index (χ1v) is 7.55. The van der Waals surface area contributed by atoms with Crippen LogP contribution in [0.15, 0.2) is 54.6 Å². The zero-order valence-electron chi connectivity index (χ0n) is 13.2. The molecule has 0 aliphatic carbocycles. The van der Waals surface area contributed by atoms with E-state index < -0.39 is 0 Å². The maximum Gasteiger partial charge on any atom is 0.121 e. The molecule has 2 aromatic rings. The van der Waals surface area contributed by atoms with Gasteiger partial charge < -0.3 is 9.64 Å². The van der Waals surface area contributed by atoms with Crippen molar-refractivity contribution in [2.45, 2.75) is 18.8 Å². The maximum absolute atomic E-state index is 9.30. The fraction of sp³-hybridized carbons (Fsp3) is 0.316. The van der Waals surface area contributed by atoms with E-state index in [1.807, 2.05) is 73.6 Å². The zero-order chi connectivity index (χ0) is 15.8. The van der Waals surface area contributed by atoms with E-state index in [0.29, 0.717) is 6.61 Å². The van der Waals surface area contributed by atoms with Crippen LogP contribution in [0.5, 0.6) is 5.75 Å². The summed E-state index contributed by atoms with van der Waals surface area (Å²) in [6, 6.07) is 20.4. The normalized spacial score (nSPS) is 11.5. The number of nitriles is 1. The minimum atomic E-state index is -0.0575. The highest BCUT2D eigenvalue weighted by Gasteiger charge is 2.09. The molecule has 0 bridgehead atoms. The van der Waals surface area contributed by atoms with Crippen molar-refractivity contribution in [3.8, 4) is 11.8 Å². The van der Waals surface area contributed by atoms with E-state index in [-0.39, 0.29) is 5.92 Å². The van der Waals surface area contributed by atoms with Gasteiger partial charge in [0.2, 0.25) is 0 Å². The van der Waals surface area contributed by atoms with Crippen LogP contribution in [0.2, 0.25) is 0 Å². The number of benzene rings is 2. The predicted octanol–water partition coefficient (Wildman–Crippen LogP) is 4.22. The van der Waals surface area contributed by atoms with E-state index in [1.165, 1.54) is 0 Å². The average molecular weight is 294 g/mol. The van der Waals surface area contributed by atoms with E-state index in [2.05, 4.69) is 6.07 Å². The minimum Gasteiger partial charge on any atom is -0.494 e. The van der Waals surface area contributed by atoms with Crippen molar-refractivity contribution in [2.24, 2.45) is 0 Å². The van der Waals surface area contributed by atoms with Gasteiger partial charge in [0, 0.05) is 25.8 Å². The maximum atomic E-state index is 9.30.